The lowest BCUT2D eigenvalue weighted by Crippen LogP contribution is -2.33. The predicted molar refractivity (Wildman–Crippen MR) is 77.3 cm³/mol. The maximum atomic E-state index is 11.8. The van der Waals surface area contributed by atoms with Gasteiger partial charge in [-0.25, -0.2) is 0 Å². The van der Waals surface area contributed by atoms with Crippen LogP contribution in [0.2, 0.25) is 0 Å². The first kappa shape index (κ1) is 15.0. The third-order valence-corrected chi connectivity index (χ3v) is 3.24. The van der Waals surface area contributed by atoms with Crippen molar-refractivity contribution in [3.63, 3.8) is 0 Å². The molecule has 3 nitrogen and oxygen atoms in total. The Morgan fingerprint density at radius 2 is 2.28 bits per heavy atom. The molecule has 1 aromatic carbocycles. The molecule has 0 bridgehead atoms. The molecule has 0 heterocycles. The highest BCUT2D eigenvalue weighted by molar-refractivity contribution is 9.09. The van der Waals surface area contributed by atoms with E-state index in [1.807, 2.05) is 31.2 Å². The molecule has 1 aromatic rings. The van der Waals surface area contributed by atoms with Gasteiger partial charge in [-0.3, -0.25) is 4.79 Å². The summed E-state index contributed by atoms with van der Waals surface area (Å²) in [5.41, 5.74) is 0.972. The predicted octanol–water partition coefficient (Wildman–Crippen LogP) is 2.92. The summed E-state index contributed by atoms with van der Waals surface area (Å²) in [6.45, 7) is 2.03. The summed E-state index contributed by atoms with van der Waals surface area (Å²) in [4.78, 5) is 11.8. The van der Waals surface area contributed by atoms with Crippen LogP contribution >= 0.6 is 15.9 Å². The Kier molecular flexibility index (Phi) is 6.80. The van der Waals surface area contributed by atoms with Crippen LogP contribution in [0.3, 0.4) is 0 Å². The average Bonchev–Trinajstić information content (AvgIpc) is 2.36. The molecule has 0 fully saturated rings. The molecule has 0 saturated heterocycles. The summed E-state index contributed by atoms with van der Waals surface area (Å²) in [6.07, 6.45) is 2.46. The lowest BCUT2D eigenvalue weighted by atomic mass is 10.1. The maximum absolute atomic E-state index is 11.8. The van der Waals surface area contributed by atoms with Crippen molar-refractivity contribution in [2.75, 3.05) is 12.4 Å². The highest BCUT2D eigenvalue weighted by Gasteiger charge is 2.08. The lowest BCUT2D eigenvalue weighted by Gasteiger charge is -2.13. The number of hydrogen-bond donors (Lipinski definition) is 1. The molecule has 100 valence electrons. The first-order chi connectivity index (χ1) is 8.65. The van der Waals surface area contributed by atoms with E-state index >= 15 is 0 Å². The van der Waals surface area contributed by atoms with Gasteiger partial charge in [0.05, 0.1) is 13.5 Å². The SMILES string of the molecule is COc1cccc(CC(=O)NC(C)CCCBr)c1. The van der Waals surface area contributed by atoms with Crippen molar-refractivity contribution in [2.45, 2.75) is 32.2 Å². The number of benzene rings is 1. The Morgan fingerprint density at radius 3 is 2.94 bits per heavy atom. The van der Waals surface area contributed by atoms with Gasteiger partial charge in [0.2, 0.25) is 5.91 Å². The summed E-state index contributed by atoms with van der Waals surface area (Å²) in [5.74, 6) is 0.845. The number of halogens is 1. The van der Waals surface area contributed by atoms with Gasteiger partial charge < -0.3 is 10.1 Å². The highest BCUT2D eigenvalue weighted by Crippen LogP contribution is 2.13. The van der Waals surface area contributed by atoms with Gasteiger partial charge in [0.1, 0.15) is 5.75 Å². The van der Waals surface area contributed by atoms with Gasteiger partial charge >= 0.3 is 0 Å². The summed E-state index contributed by atoms with van der Waals surface area (Å²) < 4.78 is 5.13. The molecule has 1 N–H and O–H groups in total. The topological polar surface area (TPSA) is 38.3 Å². The quantitative estimate of drug-likeness (QED) is 0.786. The van der Waals surface area contributed by atoms with Crippen molar-refractivity contribution in [3.8, 4) is 5.75 Å². The third kappa shape index (κ3) is 5.54. The zero-order chi connectivity index (χ0) is 13.4. The van der Waals surface area contributed by atoms with E-state index in [-0.39, 0.29) is 11.9 Å². The van der Waals surface area contributed by atoms with Gasteiger partial charge in [-0.05, 0) is 37.5 Å². The van der Waals surface area contributed by atoms with Gasteiger partial charge in [0.25, 0.3) is 0 Å². The molecule has 4 heteroatoms. The Bertz CT molecular complexity index is 382. The maximum Gasteiger partial charge on any atom is 0.224 e. The molecule has 1 atom stereocenters. The van der Waals surface area contributed by atoms with E-state index in [9.17, 15) is 4.79 Å². The number of methoxy groups -OCH3 is 1. The first-order valence-corrected chi connectivity index (χ1v) is 7.26. The number of alkyl halides is 1. The average molecular weight is 314 g/mol. The minimum Gasteiger partial charge on any atom is -0.497 e. The molecule has 1 rings (SSSR count). The zero-order valence-corrected chi connectivity index (χ0v) is 12.5. The highest BCUT2D eigenvalue weighted by atomic mass is 79.9. The molecule has 1 unspecified atom stereocenters. The van der Waals surface area contributed by atoms with Gasteiger partial charge in [-0.2, -0.15) is 0 Å². The van der Waals surface area contributed by atoms with Gasteiger partial charge in [0.15, 0.2) is 0 Å². The van der Waals surface area contributed by atoms with Crippen LogP contribution in [0.1, 0.15) is 25.3 Å². The fourth-order valence-electron chi connectivity index (χ4n) is 1.75. The molecule has 0 spiro atoms. The molecule has 0 aliphatic heterocycles. The smallest absolute Gasteiger partial charge is 0.224 e. The van der Waals surface area contributed by atoms with Crippen LogP contribution in [-0.4, -0.2) is 24.4 Å². The van der Waals surface area contributed by atoms with E-state index in [2.05, 4.69) is 21.2 Å². The molecular weight excluding hydrogens is 294 g/mol. The van der Waals surface area contributed by atoms with Crippen LogP contribution in [-0.2, 0) is 11.2 Å². The molecule has 18 heavy (non-hydrogen) atoms. The second-order valence-electron chi connectivity index (χ2n) is 4.33. The van der Waals surface area contributed by atoms with Gasteiger partial charge in [0, 0.05) is 11.4 Å². The Hall–Kier alpha value is -1.03. The molecule has 0 aliphatic carbocycles. The van der Waals surface area contributed by atoms with Crippen LogP contribution in [0, 0.1) is 0 Å². The van der Waals surface area contributed by atoms with Crippen molar-refractivity contribution in [1.82, 2.24) is 5.32 Å². The first-order valence-electron chi connectivity index (χ1n) is 6.14. The van der Waals surface area contributed by atoms with Crippen molar-refractivity contribution in [1.29, 1.82) is 0 Å². The second-order valence-corrected chi connectivity index (χ2v) is 5.12. The van der Waals surface area contributed by atoms with E-state index < -0.39 is 0 Å². The van der Waals surface area contributed by atoms with Gasteiger partial charge in [-0.15, -0.1) is 0 Å². The van der Waals surface area contributed by atoms with Crippen LogP contribution in [0.15, 0.2) is 24.3 Å². The Morgan fingerprint density at radius 1 is 1.50 bits per heavy atom. The molecule has 0 aliphatic rings. The van der Waals surface area contributed by atoms with Crippen molar-refractivity contribution < 1.29 is 9.53 Å². The minimum atomic E-state index is 0.0605. The van der Waals surface area contributed by atoms with Gasteiger partial charge in [-0.1, -0.05) is 28.1 Å². The molecule has 0 radical (unpaired) electrons. The number of carbonyl (C=O) groups is 1. The molecular formula is C14H20BrNO2. The number of amides is 1. The van der Waals surface area contributed by atoms with Crippen molar-refractivity contribution in [2.24, 2.45) is 0 Å². The van der Waals surface area contributed by atoms with Crippen LogP contribution in [0.25, 0.3) is 0 Å². The zero-order valence-electron chi connectivity index (χ0n) is 10.9. The lowest BCUT2D eigenvalue weighted by molar-refractivity contribution is -0.121. The number of carbonyl (C=O) groups excluding carboxylic acids is 1. The number of nitrogens with one attached hydrogen (secondary N) is 1. The molecule has 0 aromatic heterocycles. The Labute approximate surface area is 117 Å². The number of ether oxygens (including phenoxy) is 1. The molecule has 1 amide bonds. The van der Waals surface area contributed by atoms with E-state index in [1.165, 1.54) is 0 Å². The summed E-state index contributed by atoms with van der Waals surface area (Å²) in [7, 11) is 1.63. The normalized spacial score (nSPS) is 11.9. The van der Waals surface area contributed by atoms with E-state index in [0.29, 0.717) is 6.42 Å². The van der Waals surface area contributed by atoms with E-state index in [4.69, 9.17) is 4.74 Å². The Balaban J connectivity index is 2.43. The fraction of sp³-hybridized carbons (Fsp3) is 0.500. The summed E-state index contributed by atoms with van der Waals surface area (Å²) in [5, 5.41) is 3.98. The van der Waals surface area contributed by atoms with E-state index in [1.54, 1.807) is 7.11 Å². The summed E-state index contributed by atoms with van der Waals surface area (Å²) in [6, 6.07) is 7.82. The van der Waals surface area contributed by atoms with Crippen LogP contribution < -0.4 is 10.1 Å². The molecule has 0 saturated carbocycles. The number of hydrogen-bond acceptors (Lipinski definition) is 2. The minimum absolute atomic E-state index is 0.0605. The summed E-state index contributed by atoms with van der Waals surface area (Å²) >= 11 is 3.39. The monoisotopic (exact) mass is 313 g/mol. The standard InChI is InChI=1S/C14H20BrNO2/c1-11(5-4-8-15)16-14(17)10-12-6-3-7-13(9-12)18-2/h3,6-7,9,11H,4-5,8,10H2,1-2H3,(H,16,17). The second kappa shape index (κ2) is 8.14. The fourth-order valence-corrected chi connectivity index (χ4v) is 2.07. The van der Waals surface area contributed by atoms with Crippen molar-refractivity contribution in [3.05, 3.63) is 29.8 Å². The largest absolute Gasteiger partial charge is 0.497 e. The van der Waals surface area contributed by atoms with Crippen LogP contribution in [0.4, 0.5) is 0 Å². The van der Waals surface area contributed by atoms with Crippen LogP contribution in [0.5, 0.6) is 5.75 Å². The third-order valence-electron chi connectivity index (χ3n) is 2.68. The number of rotatable bonds is 7. The van der Waals surface area contributed by atoms with E-state index in [0.717, 1.165) is 29.5 Å². The van der Waals surface area contributed by atoms with Crippen molar-refractivity contribution >= 4 is 21.8 Å².